The number of hydrogen-bond donors (Lipinski definition) is 2. The number of aliphatic hydroxyl groups is 1. The van der Waals surface area contributed by atoms with Gasteiger partial charge in [-0.25, -0.2) is 13.1 Å². The molecule has 1 atom stereocenters. The van der Waals surface area contributed by atoms with Crippen LogP contribution in [0.1, 0.15) is 43.7 Å². The summed E-state index contributed by atoms with van der Waals surface area (Å²) >= 11 is 2.96. The summed E-state index contributed by atoms with van der Waals surface area (Å²) in [6, 6.07) is 7.62. The summed E-state index contributed by atoms with van der Waals surface area (Å²) in [5, 5.41) is 14.3. The lowest BCUT2D eigenvalue weighted by molar-refractivity contribution is 0.224. The normalized spacial score (nSPS) is 13.1. The zero-order valence-corrected chi connectivity index (χ0v) is 18.2. The Morgan fingerprint density at radius 2 is 1.74 bits per heavy atom. The van der Waals surface area contributed by atoms with Gasteiger partial charge >= 0.3 is 0 Å². The zero-order valence-electron chi connectivity index (χ0n) is 15.7. The molecule has 2 heterocycles. The smallest absolute Gasteiger partial charge is 0.241 e. The van der Waals surface area contributed by atoms with Gasteiger partial charge in [-0.3, -0.25) is 0 Å². The molecule has 0 aliphatic carbocycles. The minimum Gasteiger partial charge on any atom is -0.383 e. The van der Waals surface area contributed by atoms with E-state index in [0.29, 0.717) is 4.90 Å². The Labute approximate surface area is 168 Å². The first-order valence-electron chi connectivity index (χ1n) is 8.56. The summed E-state index contributed by atoms with van der Waals surface area (Å²) < 4.78 is 28.6. The Morgan fingerprint density at radius 1 is 1.07 bits per heavy atom. The maximum atomic E-state index is 12.9. The molecule has 0 saturated carbocycles. The van der Waals surface area contributed by atoms with Gasteiger partial charge < -0.3 is 5.11 Å². The number of rotatable bonds is 6. The molecule has 0 saturated heterocycles. The van der Waals surface area contributed by atoms with Crippen LogP contribution in [-0.4, -0.2) is 13.5 Å². The van der Waals surface area contributed by atoms with E-state index in [4.69, 9.17) is 0 Å². The molecule has 1 unspecified atom stereocenters. The highest BCUT2D eigenvalue weighted by molar-refractivity contribution is 7.89. The fourth-order valence-electron chi connectivity index (χ4n) is 3.05. The molecule has 27 heavy (non-hydrogen) atoms. The first-order valence-corrected chi connectivity index (χ1v) is 11.8. The molecule has 3 rings (SSSR count). The molecule has 0 amide bonds. The van der Waals surface area contributed by atoms with E-state index in [0.717, 1.165) is 37.6 Å². The number of sulfonamides is 1. The van der Waals surface area contributed by atoms with Crippen LogP contribution in [0.4, 0.5) is 0 Å². The van der Waals surface area contributed by atoms with Crippen molar-refractivity contribution in [1.82, 2.24) is 4.72 Å². The van der Waals surface area contributed by atoms with Gasteiger partial charge in [0.15, 0.2) is 0 Å². The van der Waals surface area contributed by atoms with E-state index in [1.54, 1.807) is 0 Å². The third-order valence-corrected chi connectivity index (χ3v) is 8.33. The van der Waals surface area contributed by atoms with Crippen molar-refractivity contribution in [3.8, 4) is 0 Å². The summed E-state index contributed by atoms with van der Waals surface area (Å²) in [7, 11) is -3.62. The molecule has 2 aromatic heterocycles. The Kier molecular flexibility index (Phi) is 5.88. The minimum absolute atomic E-state index is 0.204. The van der Waals surface area contributed by atoms with E-state index < -0.39 is 16.1 Å². The predicted octanol–water partition coefficient (Wildman–Crippen LogP) is 4.60. The van der Waals surface area contributed by atoms with Crippen molar-refractivity contribution in [3.05, 3.63) is 72.6 Å². The third kappa shape index (κ3) is 4.17. The van der Waals surface area contributed by atoms with E-state index >= 15 is 0 Å². The van der Waals surface area contributed by atoms with Crippen molar-refractivity contribution in [2.75, 3.05) is 0 Å². The zero-order chi connectivity index (χ0) is 19.8. The number of aryl methyl sites for hydroxylation is 2. The van der Waals surface area contributed by atoms with Crippen LogP contribution < -0.4 is 4.72 Å². The third-order valence-electron chi connectivity index (χ3n) is 4.81. The molecule has 144 valence electrons. The Morgan fingerprint density at radius 3 is 2.33 bits per heavy atom. The maximum absolute atomic E-state index is 12.9. The van der Waals surface area contributed by atoms with Crippen molar-refractivity contribution >= 4 is 32.7 Å². The predicted molar refractivity (Wildman–Crippen MR) is 112 cm³/mol. The molecule has 2 N–H and O–H groups in total. The highest BCUT2D eigenvalue weighted by Crippen LogP contribution is 2.30. The maximum Gasteiger partial charge on any atom is 0.241 e. The summed E-state index contributed by atoms with van der Waals surface area (Å²) in [5.41, 5.74) is 4.36. The van der Waals surface area contributed by atoms with Crippen LogP contribution in [0, 0.1) is 27.7 Å². The molecule has 0 radical (unpaired) electrons. The lowest BCUT2D eigenvalue weighted by Gasteiger charge is -2.16. The van der Waals surface area contributed by atoms with Crippen LogP contribution in [0.3, 0.4) is 0 Å². The highest BCUT2D eigenvalue weighted by Gasteiger charge is 2.22. The first kappa shape index (κ1) is 20.2. The Bertz CT molecular complexity index is 1020. The van der Waals surface area contributed by atoms with Crippen molar-refractivity contribution in [2.24, 2.45) is 0 Å². The van der Waals surface area contributed by atoms with Gasteiger partial charge in [0.25, 0.3) is 0 Å². The minimum atomic E-state index is -3.62. The van der Waals surface area contributed by atoms with Crippen LogP contribution in [0.25, 0.3) is 0 Å². The van der Waals surface area contributed by atoms with E-state index in [1.165, 1.54) is 22.7 Å². The first-order chi connectivity index (χ1) is 12.7. The average Bonchev–Trinajstić information content (AvgIpc) is 3.29. The van der Waals surface area contributed by atoms with Gasteiger partial charge in [0.05, 0.1) is 4.90 Å². The number of hydrogen-bond acceptors (Lipinski definition) is 5. The van der Waals surface area contributed by atoms with Crippen LogP contribution in [0.15, 0.2) is 39.9 Å². The number of thiophene rings is 2. The van der Waals surface area contributed by atoms with Crippen LogP contribution >= 0.6 is 22.7 Å². The summed E-state index contributed by atoms with van der Waals surface area (Å²) in [4.78, 5) is 2.04. The van der Waals surface area contributed by atoms with Gasteiger partial charge in [0.2, 0.25) is 10.0 Å². The fraction of sp³-hybridized carbons (Fsp3) is 0.300. The standard InChI is InChI=1S/C20H23NO3S3/c1-12-9-13(2)15(4)20(14(12)3)27(23,24)21-10-17-5-6-18(26-17)19(22)16-7-8-25-11-16/h5-9,11,19,21-22H,10H2,1-4H3. The van der Waals surface area contributed by atoms with Crippen LogP contribution in [0.2, 0.25) is 0 Å². The van der Waals surface area contributed by atoms with Crippen LogP contribution in [0.5, 0.6) is 0 Å². The largest absolute Gasteiger partial charge is 0.383 e. The molecule has 1 aromatic carbocycles. The second-order valence-corrected chi connectivity index (χ2v) is 10.4. The molecular formula is C20H23NO3S3. The molecule has 0 aliphatic rings. The lowest BCUT2D eigenvalue weighted by atomic mass is 10.0. The summed E-state index contributed by atoms with van der Waals surface area (Å²) in [5.74, 6) is 0. The highest BCUT2D eigenvalue weighted by atomic mass is 32.2. The van der Waals surface area contributed by atoms with E-state index in [2.05, 4.69) is 4.72 Å². The monoisotopic (exact) mass is 421 g/mol. The van der Waals surface area contributed by atoms with Gasteiger partial charge in [-0.05, 0) is 84.5 Å². The van der Waals surface area contributed by atoms with E-state index in [1.807, 2.05) is 62.7 Å². The lowest BCUT2D eigenvalue weighted by Crippen LogP contribution is -2.25. The van der Waals surface area contributed by atoms with Gasteiger partial charge in [-0.15, -0.1) is 11.3 Å². The Hall–Kier alpha value is -1.51. The molecule has 0 bridgehead atoms. The molecule has 7 heteroatoms. The SMILES string of the molecule is Cc1cc(C)c(C)c(S(=O)(=O)NCc2ccc(C(O)c3ccsc3)s2)c1C. The van der Waals surface area contributed by atoms with Gasteiger partial charge in [0.1, 0.15) is 6.10 Å². The average molecular weight is 422 g/mol. The van der Waals surface area contributed by atoms with Crippen LogP contribution in [-0.2, 0) is 16.6 Å². The van der Waals surface area contributed by atoms with Crippen molar-refractivity contribution in [3.63, 3.8) is 0 Å². The quantitative estimate of drug-likeness (QED) is 0.611. The molecule has 0 spiro atoms. The number of benzene rings is 1. The number of nitrogens with one attached hydrogen (secondary N) is 1. The van der Waals surface area contributed by atoms with E-state index in [-0.39, 0.29) is 6.54 Å². The second-order valence-electron chi connectivity index (χ2n) is 6.68. The van der Waals surface area contributed by atoms with Crippen molar-refractivity contribution < 1.29 is 13.5 Å². The van der Waals surface area contributed by atoms with Crippen molar-refractivity contribution in [2.45, 2.75) is 45.2 Å². The molecule has 4 nitrogen and oxygen atoms in total. The van der Waals surface area contributed by atoms with Gasteiger partial charge in [-0.2, -0.15) is 11.3 Å². The fourth-order valence-corrected chi connectivity index (χ4v) is 6.41. The van der Waals surface area contributed by atoms with Gasteiger partial charge in [-0.1, -0.05) is 6.07 Å². The molecule has 0 fully saturated rings. The second kappa shape index (κ2) is 7.85. The van der Waals surface area contributed by atoms with Crippen molar-refractivity contribution in [1.29, 1.82) is 0 Å². The molecule has 0 aliphatic heterocycles. The molecule has 3 aromatic rings. The van der Waals surface area contributed by atoms with E-state index in [9.17, 15) is 13.5 Å². The number of aliphatic hydroxyl groups excluding tert-OH is 1. The summed E-state index contributed by atoms with van der Waals surface area (Å²) in [6.45, 7) is 7.75. The molecular weight excluding hydrogens is 398 g/mol. The summed E-state index contributed by atoms with van der Waals surface area (Å²) in [6.07, 6.45) is -0.671. The Balaban J connectivity index is 1.79. The van der Waals surface area contributed by atoms with Gasteiger partial charge in [0, 0.05) is 16.3 Å². The topological polar surface area (TPSA) is 66.4 Å².